The normalized spacial score (nSPS) is 12.3. The van der Waals surface area contributed by atoms with Crippen molar-refractivity contribution in [1.82, 2.24) is 0 Å². The fourth-order valence-electron chi connectivity index (χ4n) is 2.29. The first-order valence-electron chi connectivity index (χ1n) is 6.17. The van der Waals surface area contributed by atoms with Crippen LogP contribution in [0.25, 0.3) is 10.8 Å². The largest absolute Gasteiger partial charge is 0.299 e. The second-order valence-electron chi connectivity index (χ2n) is 4.46. The van der Waals surface area contributed by atoms with E-state index in [1.807, 2.05) is 43.3 Å². The molecule has 1 atom stereocenters. The van der Waals surface area contributed by atoms with Crippen LogP contribution in [-0.4, -0.2) is 11.6 Å². The maximum absolute atomic E-state index is 12.4. The Morgan fingerprint density at radius 1 is 1.06 bits per heavy atom. The first-order valence-corrected chi connectivity index (χ1v) is 6.17. The molecule has 0 aliphatic heterocycles. The van der Waals surface area contributed by atoms with E-state index < -0.39 is 5.92 Å². The first-order chi connectivity index (χ1) is 8.65. The van der Waals surface area contributed by atoms with Crippen molar-refractivity contribution in [2.75, 3.05) is 0 Å². The van der Waals surface area contributed by atoms with E-state index in [-0.39, 0.29) is 11.6 Å². The summed E-state index contributed by atoms with van der Waals surface area (Å²) in [4.78, 5) is 23.9. The van der Waals surface area contributed by atoms with E-state index >= 15 is 0 Å². The second-order valence-corrected chi connectivity index (χ2v) is 4.46. The third-order valence-corrected chi connectivity index (χ3v) is 3.27. The van der Waals surface area contributed by atoms with Crippen molar-refractivity contribution in [3.05, 3.63) is 48.0 Å². The van der Waals surface area contributed by atoms with Crippen LogP contribution >= 0.6 is 0 Å². The van der Waals surface area contributed by atoms with Crippen LogP contribution in [0.3, 0.4) is 0 Å². The minimum absolute atomic E-state index is 0.0598. The van der Waals surface area contributed by atoms with Gasteiger partial charge >= 0.3 is 0 Å². The molecule has 0 heterocycles. The summed E-state index contributed by atoms with van der Waals surface area (Å²) in [6, 6.07) is 13.4. The Morgan fingerprint density at radius 3 is 2.39 bits per heavy atom. The van der Waals surface area contributed by atoms with Crippen molar-refractivity contribution < 1.29 is 9.59 Å². The number of rotatable bonds is 4. The fraction of sp³-hybridized carbons (Fsp3) is 0.250. The van der Waals surface area contributed by atoms with E-state index in [1.165, 1.54) is 6.92 Å². The van der Waals surface area contributed by atoms with Gasteiger partial charge in [0.2, 0.25) is 0 Å². The molecule has 92 valence electrons. The second kappa shape index (κ2) is 5.13. The minimum atomic E-state index is -0.518. The van der Waals surface area contributed by atoms with Gasteiger partial charge in [-0.25, -0.2) is 0 Å². The van der Waals surface area contributed by atoms with E-state index in [0.29, 0.717) is 12.0 Å². The molecule has 0 aliphatic carbocycles. The van der Waals surface area contributed by atoms with E-state index in [4.69, 9.17) is 0 Å². The molecule has 2 aromatic rings. The highest BCUT2D eigenvalue weighted by molar-refractivity contribution is 6.16. The zero-order valence-electron chi connectivity index (χ0n) is 10.6. The molecule has 2 heteroatoms. The smallest absolute Gasteiger partial charge is 0.173 e. The topological polar surface area (TPSA) is 34.1 Å². The Balaban J connectivity index is 2.54. The number of carbonyl (C=O) groups is 2. The zero-order chi connectivity index (χ0) is 13.1. The molecule has 0 fully saturated rings. The number of hydrogen-bond donors (Lipinski definition) is 0. The molecule has 1 unspecified atom stereocenters. The van der Waals surface area contributed by atoms with Gasteiger partial charge in [0.15, 0.2) is 5.78 Å². The molecular weight excluding hydrogens is 224 g/mol. The molecule has 2 rings (SSSR count). The van der Waals surface area contributed by atoms with E-state index in [0.717, 1.165) is 10.8 Å². The maximum atomic E-state index is 12.4. The number of carbonyl (C=O) groups excluding carboxylic acids is 2. The lowest BCUT2D eigenvalue weighted by molar-refractivity contribution is -0.119. The summed E-state index contributed by atoms with van der Waals surface area (Å²) in [6.45, 7) is 3.35. The van der Waals surface area contributed by atoms with Crippen LogP contribution < -0.4 is 0 Å². The summed E-state index contributed by atoms with van der Waals surface area (Å²) in [6.07, 6.45) is 0.553. The summed E-state index contributed by atoms with van der Waals surface area (Å²) in [7, 11) is 0. The van der Waals surface area contributed by atoms with Gasteiger partial charge in [-0.05, 0) is 24.1 Å². The van der Waals surface area contributed by atoms with Gasteiger partial charge in [-0.15, -0.1) is 0 Å². The third kappa shape index (κ3) is 2.19. The van der Waals surface area contributed by atoms with Gasteiger partial charge in [-0.3, -0.25) is 9.59 Å². The Labute approximate surface area is 107 Å². The van der Waals surface area contributed by atoms with Gasteiger partial charge < -0.3 is 0 Å². The number of hydrogen-bond acceptors (Lipinski definition) is 2. The highest BCUT2D eigenvalue weighted by Gasteiger charge is 2.23. The minimum Gasteiger partial charge on any atom is -0.299 e. The summed E-state index contributed by atoms with van der Waals surface area (Å²) < 4.78 is 0. The number of ketones is 2. The van der Waals surface area contributed by atoms with Crippen molar-refractivity contribution in [3.8, 4) is 0 Å². The molecule has 2 aromatic carbocycles. The maximum Gasteiger partial charge on any atom is 0.173 e. The lowest BCUT2D eigenvalue weighted by Gasteiger charge is -2.12. The Bertz CT molecular complexity index is 594. The zero-order valence-corrected chi connectivity index (χ0v) is 10.6. The number of fused-ring (bicyclic) bond motifs is 1. The molecule has 0 spiro atoms. The predicted molar refractivity (Wildman–Crippen MR) is 72.7 cm³/mol. The van der Waals surface area contributed by atoms with Crippen LogP contribution in [0.1, 0.15) is 30.6 Å². The van der Waals surface area contributed by atoms with Crippen LogP contribution in [0.15, 0.2) is 42.5 Å². The lowest BCUT2D eigenvalue weighted by atomic mass is 9.89. The van der Waals surface area contributed by atoms with E-state index in [9.17, 15) is 9.59 Å². The summed E-state index contributed by atoms with van der Waals surface area (Å²) in [5.74, 6) is -0.645. The van der Waals surface area contributed by atoms with Crippen molar-refractivity contribution in [2.24, 2.45) is 5.92 Å². The molecule has 0 N–H and O–H groups in total. The van der Waals surface area contributed by atoms with Gasteiger partial charge in [0.1, 0.15) is 5.78 Å². The molecule has 18 heavy (non-hydrogen) atoms. The van der Waals surface area contributed by atoms with E-state index in [1.54, 1.807) is 6.07 Å². The molecule has 0 aromatic heterocycles. The van der Waals surface area contributed by atoms with Gasteiger partial charge in [0, 0.05) is 5.56 Å². The van der Waals surface area contributed by atoms with Crippen molar-refractivity contribution >= 4 is 22.3 Å². The quantitative estimate of drug-likeness (QED) is 0.604. The van der Waals surface area contributed by atoms with Crippen LogP contribution in [0.2, 0.25) is 0 Å². The third-order valence-electron chi connectivity index (χ3n) is 3.27. The molecule has 2 nitrogen and oxygen atoms in total. The molecule has 0 radical (unpaired) electrons. The van der Waals surface area contributed by atoms with Crippen LogP contribution in [0.4, 0.5) is 0 Å². The SMILES string of the molecule is CCC(C(C)=O)C(=O)c1cccc2ccccc12. The van der Waals surface area contributed by atoms with Crippen molar-refractivity contribution in [3.63, 3.8) is 0 Å². The van der Waals surface area contributed by atoms with E-state index in [2.05, 4.69) is 0 Å². The van der Waals surface area contributed by atoms with Crippen LogP contribution in [0.5, 0.6) is 0 Å². The molecule has 0 bridgehead atoms. The first kappa shape index (κ1) is 12.5. The molecular formula is C16H16O2. The average molecular weight is 240 g/mol. The van der Waals surface area contributed by atoms with Crippen LogP contribution in [0, 0.1) is 5.92 Å². The fourth-order valence-corrected chi connectivity index (χ4v) is 2.29. The monoisotopic (exact) mass is 240 g/mol. The average Bonchev–Trinajstić information content (AvgIpc) is 2.38. The molecule has 0 aliphatic rings. The molecule has 0 amide bonds. The van der Waals surface area contributed by atoms with Gasteiger partial charge in [0.25, 0.3) is 0 Å². The summed E-state index contributed by atoms with van der Waals surface area (Å²) in [5.41, 5.74) is 0.648. The molecule has 0 saturated carbocycles. The highest BCUT2D eigenvalue weighted by Crippen LogP contribution is 2.22. The van der Waals surface area contributed by atoms with Crippen molar-refractivity contribution in [2.45, 2.75) is 20.3 Å². The Kier molecular flexibility index (Phi) is 3.56. The summed E-state index contributed by atoms with van der Waals surface area (Å²) in [5, 5.41) is 1.95. The van der Waals surface area contributed by atoms with Crippen LogP contribution in [-0.2, 0) is 4.79 Å². The highest BCUT2D eigenvalue weighted by atomic mass is 16.1. The predicted octanol–water partition coefficient (Wildman–Crippen LogP) is 3.64. The summed E-state index contributed by atoms with van der Waals surface area (Å²) >= 11 is 0. The standard InChI is InChI=1S/C16H16O2/c1-3-13(11(2)17)16(18)15-10-6-8-12-7-4-5-9-14(12)15/h4-10,13H,3H2,1-2H3. The van der Waals surface area contributed by atoms with Gasteiger partial charge in [-0.2, -0.15) is 0 Å². The van der Waals surface area contributed by atoms with Gasteiger partial charge in [0.05, 0.1) is 5.92 Å². The van der Waals surface area contributed by atoms with Gasteiger partial charge in [-0.1, -0.05) is 49.4 Å². The lowest BCUT2D eigenvalue weighted by Crippen LogP contribution is -2.21. The van der Waals surface area contributed by atoms with Crippen molar-refractivity contribution in [1.29, 1.82) is 0 Å². The Morgan fingerprint density at radius 2 is 1.72 bits per heavy atom. The molecule has 0 saturated heterocycles. The number of Topliss-reactive ketones (excluding diaryl/α,β-unsaturated/α-hetero) is 2. The Hall–Kier alpha value is -1.96. The number of benzene rings is 2.